The number of ether oxygens (including phenoxy) is 1. The Morgan fingerprint density at radius 2 is 2.00 bits per heavy atom. The number of alkyl halides is 5. The predicted molar refractivity (Wildman–Crippen MR) is 87.1 cm³/mol. The van der Waals surface area contributed by atoms with Gasteiger partial charge in [0.15, 0.2) is 0 Å². The summed E-state index contributed by atoms with van der Waals surface area (Å²) in [5, 5.41) is 0. The highest BCUT2D eigenvalue weighted by molar-refractivity contribution is 6.52. The standard InChI is InChI=1S/C16H15F5N4O/c1-8(22)6-11-14(24-5-4-13(23)25-11)10-3-2-9(16(19,20)21)7-12(10)26-15(17)18/h2-4,6-7,15H,5,22-23H2,1H3/b8-6-. The van der Waals surface area contributed by atoms with Crippen LogP contribution in [0.1, 0.15) is 18.1 Å². The number of aliphatic imine (C=N–C) groups is 2. The topological polar surface area (TPSA) is 86.0 Å². The van der Waals surface area contributed by atoms with Gasteiger partial charge in [-0.15, -0.1) is 0 Å². The lowest BCUT2D eigenvalue weighted by Crippen LogP contribution is -2.19. The first kappa shape index (κ1) is 19.4. The van der Waals surface area contributed by atoms with Crippen LogP contribution in [0.5, 0.6) is 5.75 Å². The third-order valence-corrected chi connectivity index (χ3v) is 3.19. The summed E-state index contributed by atoms with van der Waals surface area (Å²) in [7, 11) is 0. The van der Waals surface area contributed by atoms with E-state index in [0.29, 0.717) is 11.8 Å². The zero-order chi connectivity index (χ0) is 19.5. The van der Waals surface area contributed by atoms with Gasteiger partial charge < -0.3 is 16.2 Å². The lowest BCUT2D eigenvalue weighted by atomic mass is 10.0. The van der Waals surface area contributed by atoms with E-state index in [-0.39, 0.29) is 29.4 Å². The van der Waals surface area contributed by atoms with Gasteiger partial charge in [-0.25, -0.2) is 4.99 Å². The van der Waals surface area contributed by atoms with E-state index in [4.69, 9.17) is 11.5 Å². The maximum Gasteiger partial charge on any atom is 0.416 e. The molecule has 0 saturated heterocycles. The maximum absolute atomic E-state index is 12.9. The molecule has 0 atom stereocenters. The minimum atomic E-state index is -4.72. The Labute approximate surface area is 145 Å². The number of rotatable bonds is 4. The van der Waals surface area contributed by atoms with Crippen LogP contribution < -0.4 is 16.2 Å². The van der Waals surface area contributed by atoms with Gasteiger partial charge in [-0.1, -0.05) is 0 Å². The number of nitrogens with two attached hydrogens (primary N) is 2. The molecule has 0 unspecified atom stereocenters. The SMILES string of the molecule is C/C(N)=C/C1=NC(N)=CCN=C1c1ccc(C(F)(F)F)cc1OC(F)F. The molecule has 26 heavy (non-hydrogen) atoms. The Morgan fingerprint density at radius 3 is 2.58 bits per heavy atom. The Hall–Kier alpha value is -2.91. The molecule has 4 N–H and O–H groups in total. The Bertz CT molecular complexity index is 805. The molecule has 1 aliphatic rings. The van der Waals surface area contributed by atoms with Crippen molar-refractivity contribution in [2.24, 2.45) is 21.5 Å². The second-order valence-electron chi connectivity index (χ2n) is 5.29. The van der Waals surface area contributed by atoms with Crippen molar-refractivity contribution < 1.29 is 26.7 Å². The molecule has 0 fully saturated rings. The van der Waals surface area contributed by atoms with E-state index >= 15 is 0 Å². The summed E-state index contributed by atoms with van der Waals surface area (Å²) >= 11 is 0. The molecule has 140 valence electrons. The molecule has 0 bridgehead atoms. The molecule has 0 aromatic heterocycles. The molecule has 10 heteroatoms. The lowest BCUT2D eigenvalue weighted by molar-refractivity contribution is -0.138. The van der Waals surface area contributed by atoms with Crippen LogP contribution in [0.25, 0.3) is 0 Å². The Balaban J connectivity index is 2.63. The molecular formula is C16H15F5N4O. The minimum absolute atomic E-state index is 0.0378. The van der Waals surface area contributed by atoms with Crippen LogP contribution >= 0.6 is 0 Å². The van der Waals surface area contributed by atoms with Crippen molar-refractivity contribution in [3.05, 3.63) is 53.0 Å². The van der Waals surface area contributed by atoms with Crippen molar-refractivity contribution >= 4 is 11.4 Å². The van der Waals surface area contributed by atoms with E-state index in [1.54, 1.807) is 6.92 Å². The number of allylic oxidation sites excluding steroid dienone is 2. The van der Waals surface area contributed by atoms with Gasteiger partial charge in [-0.05, 0) is 37.3 Å². The number of benzene rings is 1. The van der Waals surface area contributed by atoms with E-state index < -0.39 is 24.1 Å². The first-order chi connectivity index (χ1) is 12.1. The fourth-order valence-corrected chi connectivity index (χ4v) is 2.18. The van der Waals surface area contributed by atoms with Crippen molar-refractivity contribution in [3.8, 4) is 5.75 Å². The Kier molecular flexibility index (Phi) is 5.63. The van der Waals surface area contributed by atoms with Gasteiger partial charge in [-0.2, -0.15) is 22.0 Å². The zero-order valence-corrected chi connectivity index (χ0v) is 13.5. The Morgan fingerprint density at radius 1 is 1.31 bits per heavy atom. The summed E-state index contributed by atoms with van der Waals surface area (Å²) in [5.41, 5.74) is 10.6. The van der Waals surface area contributed by atoms with Crippen molar-refractivity contribution in [1.29, 1.82) is 0 Å². The van der Waals surface area contributed by atoms with Gasteiger partial charge in [0.2, 0.25) is 0 Å². The normalized spacial score (nSPS) is 16.0. The van der Waals surface area contributed by atoms with Gasteiger partial charge in [0, 0.05) is 11.3 Å². The summed E-state index contributed by atoms with van der Waals surface area (Å²) in [4.78, 5) is 8.23. The number of halogens is 5. The number of nitrogens with zero attached hydrogens (tertiary/aromatic N) is 2. The summed E-state index contributed by atoms with van der Waals surface area (Å²) in [6.45, 7) is -1.71. The van der Waals surface area contributed by atoms with E-state index in [1.807, 2.05) is 0 Å². The van der Waals surface area contributed by atoms with Crippen molar-refractivity contribution in [2.75, 3.05) is 6.54 Å². The van der Waals surface area contributed by atoms with Gasteiger partial charge in [0.1, 0.15) is 11.6 Å². The first-order valence-corrected chi connectivity index (χ1v) is 7.27. The fourth-order valence-electron chi connectivity index (χ4n) is 2.18. The van der Waals surface area contributed by atoms with Gasteiger partial charge in [-0.3, -0.25) is 4.99 Å². The molecule has 0 radical (unpaired) electrons. The van der Waals surface area contributed by atoms with Crippen LogP contribution in [0.15, 0.2) is 51.9 Å². The molecule has 5 nitrogen and oxygen atoms in total. The molecule has 1 aromatic rings. The largest absolute Gasteiger partial charge is 0.434 e. The molecule has 1 aromatic carbocycles. The average Bonchev–Trinajstić information content (AvgIpc) is 2.66. The van der Waals surface area contributed by atoms with E-state index in [2.05, 4.69) is 14.7 Å². The third-order valence-electron chi connectivity index (χ3n) is 3.19. The fraction of sp³-hybridized carbons (Fsp3) is 0.250. The second kappa shape index (κ2) is 7.54. The van der Waals surface area contributed by atoms with Crippen LogP contribution in [-0.4, -0.2) is 24.6 Å². The van der Waals surface area contributed by atoms with Crippen LogP contribution in [0.3, 0.4) is 0 Å². The van der Waals surface area contributed by atoms with Crippen molar-refractivity contribution in [2.45, 2.75) is 19.7 Å². The first-order valence-electron chi connectivity index (χ1n) is 7.27. The molecule has 1 aliphatic heterocycles. The van der Waals surface area contributed by atoms with Gasteiger partial charge in [0.25, 0.3) is 0 Å². The quantitative estimate of drug-likeness (QED) is 0.794. The molecule has 0 amide bonds. The predicted octanol–water partition coefficient (Wildman–Crippen LogP) is 3.21. The van der Waals surface area contributed by atoms with Crippen LogP contribution in [0, 0.1) is 0 Å². The zero-order valence-electron chi connectivity index (χ0n) is 13.5. The number of hydrogen-bond donors (Lipinski definition) is 2. The summed E-state index contributed by atoms with van der Waals surface area (Å²) < 4.78 is 68.4. The minimum Gasteiger partial charge on any atom is -0.434 e. The second-order valence-corrected chi connectivity index (χ2v) is 5.29. The third kappa shape index (κ3) is 4.80. The van der Waals surface area contributed by atoms with Crippen molar-refractivity contribution in [3.63, 3.8) is 0 Å². The van der Waals surface area contributed by atoms with E-state index in [1.165, 1.54) is 12.2 Å². The highest BCUT2D eigenvalue weighted by atomic mass is 19.4. The van der Waals surface area contributed by atoms with E-state index in [9.17, 15) is 22.0 Å². The monoisotopic (exact) mass is 374 g/mol. The average molecular weight is 374 g/mol. The molecule has 0 aliphatic carbocycles. The summed E-state index contributed by atoms with van der Waals surface area (Å²) in [5.74, 6) is -0.565. The highest BCUT2D eigenvalue weighted by Gasteiger charge is 2.32. The lowest BCUT2D eigenvalue weighted by Gasteiger charge is -2.15. The van der Waals surface area contributed by atoms with Gasteiger partial charge in [0.05, 0.1) is 23.5 Å². The summed E-state index contributed by atoms with van der Waals surface area (Å²) in [6.07, 6.45) is -1.88. The molecule has 2 rings (SSSR count). The van der Waals surface area contributed by atoms with Crippen LogP contribution in [0.2, 0.25) is 0 Å². The summed E-state index contributed by atoms with van der Waals surface area (Å²) in [6, 6.07) is 2.23. The molecular weight excluding hydrogens is 359 g/mol. The molecule has 1 heterocycles. The smallest absolute Gasteiger partial charge is 0.416 e. The number of hydrogen-bond acceptors (Lipinski definition) is 5. The van der Waals surface area contributed by atoms with E-state index in [0.717, 1.165) is 12.1 Å². The van der Waals surface area contributed by atoms with Crippen molar-refractivity contribution in [1.82, 2.24) is 0 Å². The highest BCUT2D eigenvalue weighted by Crippen LogP contribution is 2.34. The van der Waals surface area contributed by atoms with Crippen LogP contribution in [0.4, 0.5) is 22.0 Å². The van der Waals surface area contributed by atoms with Gasteiger partial charge >= 0.3 is 12.8 Å². The maximum atomic E-state index is 12.9. The molecule has 0 spiro atoms. The van der Waals surface area contributed by atoms with Crippen LogP contribution in [-0.2, 0) is 6.18 Å². The molecule has 0 saturated carbocycles.